The van der Waals surface area contributed by atoms with E-state index in [0.29, 0.717) is 24.6 Å². The first-order valence-electron chi connectivity index (χ1n) is 6.91. The van der Waals surface area contributed by atoms with Crippen molar-refractivity contribution in [2.45, 2.75) is 57.5 Å². The minimum absolute atomic E-state index is 0.0696. The standard InChI is InChI=1S/C13H22N2O3/c16-8-4-7-11(17)13-14-12(15-18-13)9-10-5-2-1-3-6-10/h10-11,16-17H,1-9H2. The Morgan fingerprint density at radius 3 is 2.78 bits per heavy atom. The van der Waals surface area contributed by atoms with Crippen LogP contribution in [0.1, 0.15) is 62.8 Å². The van der Waals surface area contributed by atoms with Gasteiger partial charge in [0.1, 0.15) is 6.10 Å². The van der Waals surface area contributed by atoms with Crippen molar-refractivity contribution >= 4 is 0 Å². The molecular weight excluding hydrogens is 232 g/mol. The normalized spacial score (nSPS) is 19.0. The van der Waals surface area contributed by atoms with Crippen LogP contribution in [-0.2, 0) is 6.42 Å². The molecule has 1 aromatic heterocycles. The van der Waals surface area contributed by atoms with Crippen LogP contribution in [0.15, 0.2) is 4.52 Å². The van der Waals surface area contributed by atoms with E-state index in [1.807, 2.05) is 0 Å². The fourth-order valence-electron chi connectivity index (χ4n) is 2.54. The summed E-state index contributed by atoms with van der Waals surface area (Å²) in [5, 5.41) is 22.4. The summed E-state index contributed by atoms with van der Waals surface area (Å²) in [7, 11) is 0. The van der Waals surface area contributed by atoms with Gasteiger partial charge in [-0.1, -0.05) is 37.3 Å². The molecule has 1 aliphatic carbocycles. The Morgan fingerprint density at radius 1 is 1.28 bits per heavy atom. The van der Waals surface area contributed by atoms with Crippen molar-refractivity contribution in [3.05, 3.63) is 11.7 Å². The zero-order valence-corrected chi connectivity index (χ0v) is 10.7. The smallest absolute Gasteiger partial charge is 0.255 e. The van der Waals surface area contributed by atoms with Gasteiger partial charge in [-0.25, -0.2) is 0 Å². The minimum atomic E-state index is -0.746. The second-order valence-corrected chi connectivity index (χ2v) is 5.14. The third-order valence-corrected chi connectivity index (χ3v) is 3.60. The topological polar surface area (TPSA) is 79.4 Å². The lowest BCUT2D eigenvalue weighted by molar-refractivity contribution is 0.114. The van der Waals surface area contributed by atoms with Crippen LogP contribution >= 0.6 is 0 Å². The Bertz CT molecular complexity index is 348. The molecule has 0 aliphatic heterocycles. The fraction of sp³-hybridized carbons (Fsp3) is 0.846. The molecule has 0 saturated heterocycles. The van der Waals surface area contributed by atoms with Crippen molar-refractivity contribution in [1.29, 1.82) is 0 Å². The SMILES string of the molecule is OCCCC(O)c1nc(CC2CCCCC2)no1. The molecule has 5 heteroatoms. The molecule has 1 heterocycles. The van der Waals surface area contributed by atoms with Gasteiger partial charge in [-0.05, 0) is 18.8 Å². The van der Waals surface area contributed by atoms with Crippen molar-refractivity contribution in [3.8, 4) is 0 Å². The van der Waals surface area contributed by atoms with E-state index in [1.54, 1.807) is 0 Å². The first-order chi connectivity index (χ1) is 8.79. The molecule has 1 aliphatic rings. The van der Waals surface area contributed by atoms with E-state index in [1.165, 1.54) is 32.1 Å². The highest BCUT2D eigenvalue weighted by molar-refractivity contribution is 4.91. The van der Waals surface area contributed by atoms with Crippen LogP contribution in [-0.4, -0.2) is 27.0 Å². The van der Waals surface area contributed by atoms with Crippen LogP contribution in [0.4, 0.5) is 0 Å². The largest absolute Gasteiger partial charge is 0.396 e. The van der Waals surface area contributed by atoms with E-state index in [4.69, 9.17) is 9.63 Å². The molecule has 2 N–H and O–H groups in total. The van der Waals surface area contributed by atoms with Crippen LogP contribution in [0, 0.1) is 5.92 Å². The first kappa shape index (κ1) is 13.5. The van der Waals surface area contributed by atoms with E-state index < -0.39 is 6.10 Å². The van der Waals surface area contributed by atoms with Gasteiger partial charge in [0.15, 0.2) is 5.82 Å². The molecule has 1 saturated carbocycles. The van der Waals surface area contributed by atoms with Gasteiger partial charge in [0, 0.05) is 13.0 Å². The summed E-state index contributed by atoms with van der Waals surface area (Å²) in [6.45, 7) is 0.0696. The van der Waals surface area contributed by atoms with Gasteiger partial charge in [-0.15, -0.1) is 0 Å². The molecule has 2 rings (SSSR count). The van der Waals surface area contributed by atoms with Crippen LogP contribution in [0.5, 0.6) is 0 Å². The second kappa shape index (κ2) is 6.85. The van der Waals surface area contributed by atoms with Crippen molar-refractivity contribution < 1.29 is 14.7 Å². The van der Waals surface area contributed by atoms with Crippen LogP contribution in [0.3, 0.4) is 0 Å². The number of aromatic nitrogens is 2. The molecule has 0 bridgehead atoms. The van der Waals surface area contributed by atoms with Gasteiger partial charge in [-0.3, -0.25) is 0 Å². The van der Waals surface area contributed by atoms with Gasteiger partial charge in [0.25, 0.3) is 5.89 Å². The summed E-state index contributed by atoms with van der Waals surface area (Å²) < 4.78 is 5.07. The van der Waals surface area contributed by atoms with Gasteiger partial charge < -0.3 is 14.7 Å². The molecule has 1 aromatic rings. The third kappa shape index (κ3) is 3.78. The highest BCUT2D eigenvalue weighted by Crippen LogP contribution is 2.26. The lowest BCUT2D eigenvalue weighted by atomic mass is 9.87. The number of aliphatic hydroxyl groups is 2. The van der Waals surface area contributed by atoms with Gasteiger partial charge in [-0.2, -0.15) is 4.98 Å². The van der Waals surface area contributed by atoms with Crippen molar-refractivity contribution in [3.63, 3.8) is 0 Å². The van der Waals surface area contributed by atoms with Crippen LogP contribution in [0.2, 0.25) is 0 Å². The molecule has 1 unspecified atom stereocenters. The maximum absolute atomic E-state index is 9.76. The molecular formula is C13H22N2O3. The summed E-state index contributed by atoms with van der Waals surface area (Å²) in [4.78, 5) is 4.25. The number of hydrogen-bond acceptors (Lipinski definition) is 5. The molecule has 5 nitrogen and oxygen atoms in total. The Labute approximate surface area is 107 Å². The van der Waals surface area contributed by atoms with E-state index in [2.05, 4.69) is 10.1 Å². The lowest BCUT2D eigenvalue weighted by Gasteiger charge is -2.19. The maximum Gasteiger partial charge on any atom is 0.255 e. The minimum Gasteiger partial charge on any atom is -0.396 e. The van der Waals surface area contributed by atoms with Crippen molar-refractivity contribution in [2.75, 3.05) is 6.61 Å². The molecule has 0 amide bonds. The van der Waals surface area contributed by atoms with Crippen molar-refractivity contribution in [2.24, 2.45) is 5.92 Å². The van der Waals surface area contributed by atoms with Crippen LogP contribution in [0.25, 0.3) is 0 Å². The molecule has 18 heavy (non-hydrogen) atoms. The Hall–Kier alpha value is -0.940. The first-order valence-corrected chi connectivity index (χ1v) is 6.91. The highest BCUT2D eigenvalue weighted by atomic mass is 16.5. The number of rotatable bonds is 6. The molecule has 1 atom stereocenters. The zero-order valence-electron chi connectivity index (χ0n) is 10.7. The van der Waals surface area contributed by atoms with Gasteiger partial charge >= 0.3 is 0 Å². The molecule has 0 radical (unpaired) electrons. The Morgan fingerprint density at radius 2 is 2.06 bits per heavy atom. The quantitative estimate of drug-likeness (QED) is 0.811. The predicted molar refractivity (Wildman–Crippen MR) is 65.9 cm³/mol. The molecule has 102 valence electrons. The predicted octanol–water partition coefficient (Wildman–Crippen LogP) is 2.00. The lowest BCUT2D eigenvalue weighted by Crippen LogP contribution is -2.10. The highest BCUT2D eigenvalue weighted by Gasteiger charge is 2.19. The number of hydrogen-bond donors (Lipinski definition) is 2. The second-order valence-electron chi connectivity index (χ2n) is 5.14. The van der Waals surface area contributed by atoms with E-state index in [0.717, 1.165) is 6.42 Å². The zero-order chi connectivity index (χ0) is 12.8. The Balaban J connectivity index is 1.84. The average molecular weight is 254 g/mol. The van der Waals surface area contributed by atoms with E-state index >= 15 is 0 Å². The molecule has 1 fully saturated rings. The summed E-state index contributed by atoms with van der Waals surface area (Å²) in [5.74, 6) is 1.66. The summed E-state index contributed by atoms with van der Waals surface area (Å²) in [6.07, 6.45) is 7.55. The van der Waals surface area contributed by atoms with Gasteiger partial charge in [0.2, 0.25) is 0 Å². The molecule has 0 spiro atoms. The average Bonchev–Trinajstić information content (AvgIpc) is 2.86. The number of nitrogens with zero attached hydrogens (tertiary/aromatic N) is 2. The summed E-state index contributed by atoms with van der Waals surface area (Å²) in [6, 6.07) is 0. The number of aliphatic hydroxyl groups excluding tert-OH is 2. The Kier molecular flexibility index (Phi) is 5.13. The summed E-state index contributed by atoms with van der Waals surface area (Å²) >= 11 is 0. The fourth-order valence-corrected chi connectivity index (χ4v) is 2.54. The van der Waals surface area contributed by atoms with Crippen molar-refractivity contribution in [1.82, 2.24) is 10.1 Å². The van der Waals surface area contributed by atoms with Gasteiger partial charge in [0.05, 0.1) is 0 Å². The van der Waals surface area contributed by atoms with Crippen LogP contribution < -0.4 is 0 Å². The van der Waals surface area contributed by atoms with E-state index in [-0.39, 0.29) is 12.5 Å². The maximum atomic E-state index is 9.76. The van der Waals surface area contributed by atoms with E-state index in [9.17, 15) is 5.11 Å². The summed E-state index contributed by atoms with van der Waals surface area (Å²) in [5.41, 5.74) is 0. The third-order valence-electron chi connectivity index (χ3n) is 3.60. The monoisotopic (exact) mass is 254 g/mol. The molecule has 0 aromatic carbocycles.